The number of para-hydroxylation sites is 1. The number of hydrogen-bond acceptors (Lipinski definition) is 3. The maximum atomic E-state index is 12.4. The third-order valence-electron chi connectivity index (χ3n) is 3.74. The zero-order valence-corrected chi connectivity index (χ0v) is 11.1. The minimum Gasteiger partial charge on any atom is -0.398 e. The van der Waals surface area contributed by atoms with Crippen molar-refractivity contribution < 1.29 is 9.59 Å². The summed E-state index contributed by atoms with van der Waals surface area (Å²) in [5.74, 6) is -0.454. The van der Waals surface area contributed by atoms with Gasteiger partial charge in [0.25, 0.3) is 5.91 Å². The fraction of sp³-hybridized carbons (Fsp3) is 0.429. The molecule has 0 bridgehead atoms. The molecule has 2 amide bonds. The van der Waals surface area contributed by atoms with Crippen molar-refractivity contribution in [1.82, 2.24) is 4.90 Å². The molecule has 1 saturated heterocycles. The van der Waals surface area contributed by atoms with Crippen LogP contribution in [0.3, 0.4) is 0 Å². The molecule has 1 aliphatic heterocycles. The van der Waals surface area contributed by atoms with Gasteiger partial charge in [-0.2, -0.15) is 0 Å². The predicted molar refractivity (Wildman–Crippen MR) is 73.4 cm³/mol. The number of primary amides is 1. The summed E-state index contributed by atoms with van der Waals surface area (Å²) in [5.41, 5.74) is 13.2. The molecule has 19 heavy (non-hydrogen) atoms. The van der Waals surface area contributed by atoms with Gasteiger partial charge in [0.1, 0.15) is 0 Å². The molecule has 0 aromatic heterocycles. The number of likely N-dealkylation sites (tertiary alicyclic amines) is 1. The van der Waals surface area contributed by atoms with Crippen LogP contribution in [0.4, 0.5) is 5.69 Å². The minimum absolute atomic E-state index is 0.0656. The second-order valence-electron chi connectivity index (χ2n) is 5.00. The zero-order chi connectivity index (χ0) is 14.0. The molecule has 5 nitrogen and oxygen atoms in total. The molecule has 0 atom stereocenters. The van der Waals surface area contributed by atoms with Crippen LogP contribution in [0.2, 0.25) is 0 Å². The third-order valence-corrected chi connectivity index (χ3v) is 3.74. The first-order valence-corrected chi connectivity index (χ1v) is 6.44. The Labute approximate surface area is 112 Å². The van der Waals surface area contributed by atoms with Crippen LogP contribution in [0.15, 0.2) is 18.2 Å². The first-order valence-electron chi connectivity index (χ1n) is 6.44. The fourth-order valence-corrected chi connectivity index (χ4v) is 2.40. The van der Waals surface area contributed by atoms with E-state index in [0.717, 1.165) is 5.56 Å². The lowest BCUT2D eigenvalue weighted by atomic mass is 9.95. The second-order valence-corrected chi connectivity index (χ2v) is 5.00. The van der Waals surface area contributed by atoms with Crippen LogP contribution in [-0.2, 0) is 4.79 Å². The Hall–Kier alpha value is -2.04. The molecule has 0 aliphatic carbocycles. The highest BCUT2D eigenvalue weighted by molar-refractivity contribution is 5.99. The first-order chi connectivity index (χ1) is 9.00. The summed E-state index contributed by atoms with van der Waals surface area (Å²) in [7, 11) is 0. The molecule has 1 aromatic carbocycles. The molecule has 1 heterocycles. The Kier molecular flexibility index (Phi) is 3.74. The van der Waals surface area contributed by atoms with E-state index in [4.69, 9.17) is 11.5 Å². The smallest absolute Gasteiger partial charge is 0.255 e. The van der Waals surface area contributed by atoms with E-state index in [-0.39, 0.29) is 17.7 Å². The Morgan fingerprint density at radius 3 is 2.47 bits per heavy atom. The number of amides is 2. The predicted octanol–water partition coefficient (Wildman–Crippen LogP) is 0.915. The molecule has 2 rings (SSSR count). The van der Waals surface area contributed by atoms with E-state index in [1.807, 2.05) is 19.1 Å². The van der Waals surface area contributed by atoms with Gasteiger partial charge in [0.2, 0.25) is 5.91 Å². The fourth-order valence-electron chi connectivity index (χ4n) is 2.40. The maximum absolute atomic E-state index is 12.4. The van der Waals surface area contributed by atoms with Gasteiger partial charge >= 0.3 is 0 Å². The molecule has 0 saturated carbocycles. The largest absolute Gasteiger partial charge is 0.398 e. The van der Waals surface area contributed by atoms with Crippen molar-refractivity contribution in [3.63, 3.8) is 0 Å². The molecule has 5 heteroatoms. The molecule has 102 valence electrons. The Morgan fingerprint density at radius 2 is 1.89 bits per heavy atom. The van der Waals surface area contributed by atoms with Crippen molar-refractivity contribution in [2.75, 3.05) is 18.8 Å². The van der Waals surface area contributed by atoms with E-state index in [1.165, 1.54) is 0 Å². The van der Waals surface area contributed by atoms with Crippen molar-refractivity contribution in [2.24, 2.45) is 11.7 Å². The SMILES string of the molecule is Cc1cccc(C(=O)N2CCC(C(N)=O)CC2)c1N. The minimum atomic E-state index is -0.276. The average Bonchev–Trinajstić information content (AvgIpc) is 2.41. The van der Waals surface area contributed by atoms with Crippen LogP contribution in [-0.4, -0.2) is 29.8 Å². The Bertz CT molecular complexity index is 505. The van der Waals surface area contributed by atoms with E-state index in [9.17, 15) is 9.59 Å². The van der Waals surface area contributed by atoms with E-state index < -0.39 is 0 Å². The maximum Gasteiger partial charge on any atom is 0.255 e. The molecule has 0 unspecified atom stereocenters. The van der Waals surface area contributed by atoms with Crippen molar-refractivity contribution in [2.45, 2.75) is 19.8 Å². The summed E-state index contributed by atoms with van der Waals surface area (Å²) in [6.45, 7) is 2.99. The van der Waals surface area contributed by atoms with Gasteiger partial charge in [-0.3, -0.25) is 9.59 Å². The summed E-state index contributed by atoms with van der Waals surface area (Å²) in [6.07, 6.45) is 1.26. The lowest BCUT2D eigenvalue weighted by Crippen LogP contribution is -2.41. The number of rotatable bonds is 2. The number of anilines is 1. The second kappa shape index (κ2) is 5.30. The number of nitrogens with zero attached hydrogens (tertiary/aromatic N) is 1. The van der Waals surface area contributed by atoms with Gasteiger partial charge in [0.05, 0.1) is 5.56 Å². The van der Waals surface area contributed by atoms with Crippen molar-refractivity contribution >= 4 is 17.5 Å². The highest BCUT2D eigenvalue weighted by Crippen LogP contribution is 2.22. The van der Waals surface area contributed by atoms with E-state index in [1.54, 1.807) is 11.0 Å². The van der Waals surface area contributed by atoms with Gasteiger partial charge in [-0.1, -0.05) is 12.1 Å². The topological polar surface area (TPSA) is 89.4 Å². The summed E-state index contributed by atoms with van der Waals surface area (Å²) >= 11 is 0. The first kappa shape index (κ1) is 13.4. The number of carbonyl (C=O) groups is 2. The number of aryl methyl sites for hydroxylation is 1. The van der Waals surface area contributed by atoms with Gasteiger partial charge in [-0.25, -0.2) is 0 Å². The van der Waals surface area contributed by atoms with E-state index in [0.29, 0.717) is 37.2 Å². The molecular formula is C14H19N3O2. The van der Waals surface area contributed by atoms with Gasteiger partial charge in [0, 0.05) is 24.7 Å². The van der Waals surface area contributed by atoms with Gasteiger partial charge in [-0.15, -0.1) is 0 Å². The summed E-state index contributed by atoms with van der Waals surface area (Å²) in [5, 5.41) is 0. The number of carbonyl (C=O) groups excluding carboxylic acids is 2. The summed E-state index contributed by atoms with van der Waals surface area (Å²) in [4.78, 5) is 25.2. The molecule has 0 radical (unpaired) electrons. The average molecular weight is 261 g/mol. The normalized spacial score (nSPS) is 16.4. The number of benzene rings is 1. The third kappa shape index (κ3) is 2.70. The van der Waals surface area contributed by atoms with Gasteiger partial charge < -0.3 is 16.4 Å². The van der Waals surface area contributed by atoms with Crippen LogP contribution >= 0.6 is 0 Å². The van der Waals surface area contributed by atoms with Crippen LogP contribution < -0.4 is 11.5 Å². The molecular weight excluding hydrogens is 242 g/mol. The van der Waals surface area contributed by atoms with Crippen molar-refractivity contribution in [3.05, 3.63) is 29.3 Å². The zero-order valence-electron chi connectivity index (χ0n) is 11.1. The highest BCUT2D eigenvalue weighted by atomic mass is 16.2. The lowest BCUT2D eigenvalue weighted by Gasteiger charge is -2.31. The highest BCUT2D eigenvalue weighted by Gasteiger charge is 2.27. The monoisotopic (exact) mass is 261 g/mol. The number of piperidine rings is 1. The molecule has 4 N–H and O–H groups in total. The number of nitrogens with two attached hydrogens (primary N) is 2. The van der Waals surface area contributed by atoms with Crippen LogP contribution in [0.25, 0.3) is 0 Å². The van der Waals surface area contributed by atoms with Gasteiger partial charge in [-0.05, 0) is 31.4 Å². The number of nitrogen functional groups attached to an aromatic ring is 1. The lowest BCUT2D eigenvalue weighted by molar-refractivity contribution is -0.123. The molecule has 1 aliphatic rings. The van der Waals surface area contributed by atoms with Crippen LogP contribution in [0.1, 0.15) is 28.8 Å². The van der Waals surface area contributed by atoms with Gasteiger partial charge in [0.15, 0.2) is 0 Å². The van der Waals surface area contributed by atoms with Crippen LogP contribution in [0, 0.1) is 12.8 Å². The Balaban J connectivity index is 2.09. The standard InChI is InChI=1S/C14H19N3O2/c1-9-3-2-4-11(12(9)15)14(19)17-7-5-10(6-8-17)13(16)18/h2-4,10H,5-8,15H2,1H3,(H2,16,18). The van der Waals surface area contributed by atoms with E-state index in [2.05, 4.69) is 0 Å². The van der Waals surface area contributed by atoms with Crippen molar-refractivity contribution in [1.29, 1.82) is 0 Å². The quantitative estimate of drug-likeness (QED) is 0.775. The Morgan fingerprint density at radius 1 is 1.26 bits per heavy atom. The number of hydrogen-bond donors (Lipinski definition) is 2. The summed E-state index contributed by atoms with van der Waals surface area (Å²) in [6, 6.07) is 5.45. The van der Waals surface area contributed by atoms with Crippen LogP contribution in [0.5, 0.6) is 0 Å². The summed E-state index contributed by atoms with van der Waals surface area (Å²) < 4.78 is 0. The molecule has 1 aromatic rings. The molecule has 0 spiro atoms. The molecule has 1 fully saturated rings. The van der Waals surface area contributed by atoms with E-state index >= 15 is 0 Å². The van der Waals surface area contributed by atoms with Crippen molar-refractivity contribution in [3.8, 4) is 0 Å².